The van der Waals surface area contributed by atoms with Crippen LogP contribution in [-0.4, -0.2) is 27.5 Å². The number of aryl methyl sites for hydroxylation is 1. The smallest absolute Gasteiger partial charge is 0.125 e. The molecule has 76 valence electrons. The van der Waals surface area contributed by atoms with Crippen LogP contribution in [0.4, 0.5) is 0 Å². The van der Waals surface area contributed by atoms with E-state index in [0.717, 1.165) is 18.4 Å². The van der Waals surface area contributed by atoms with Crippen LogP contribution in [-0.2, 0) is 6.54 Å². The summed E-state index contributed by atoms with van der Waals surface area (Å²) in [5, 5.41) is 0. The second-order valence-corrected chi connectivity index (χ2v) is 4.10. The Kier molecular flexibility index (Phi) is 2.77. The summed E-state index contributed by atoms with van der Waals surface area (Å²) in [6.45, 7) is 6.43. The average Bonchev–Trinajstić information content (AvgIpc) is 2.56. The van der Waals surface area contributed by atoms with Crippen LogP contribution < -0.4 is 0 Å². The lowest BCUT2D eigenvalue weighted by molar-refractivity contribution is 0.260. The minimum Gasteiger partial charge on any atom is -0.296 e. The van der Waals surface area contributed by atoms with E-state index in [0.29, 0.717) is 0 Å². The Morgan fingerprint density at radius 3 is 2.71 bits per heavy atom. The Labute approximate surface area is 85.2 Å². The predicted octanol–water partition coefficient (Wildman–Crippen LogP) is 1.77. The fraction of sp³-hybridized carbons (Fsp3) is 0.636. The van der Waals surface area contributed by atoms with E-state index in [-0.39, 0.29) is 0 Å². The van der Waals surface area contributed by atoms with E-state index < -0.39 is 0 Å². The van der Waals surface area contributed by atoms with E-state index in [1.54, 1.807) is 0 Å². The van der Waals surface area contributed by atoms with Crippen LogP contribution in [0.25, 0.3) is 0 Å². The van der Waals surface area contributed by atoms with Gasteiger partial charge in [0.25, 0.3) is 0 Å². The fourth-order valence-corrected chi connectivity index (χ4v) is 1.96. The molecule has 0 aromatic carbocycles. The Bertz CT molecular complexity index is 294. The third kappa shape index (κ3) is 2.10. The summed E-state index contributed by atoms with van der Waals surface area (Å²) >= 11 is 0. The number of hydrogen-bond donors (Lipinski definition) is 0. The number of nitrogens with zero attached hydrogens (tertiary/aromatic N) is 3. The normalized spacial score (nSPS) is 22.9. The minimum absolute atomic E-state index is 0.719. The van der Waals surface area contributed by atoms with Gasteiger partial charge in [0, 0.05) is 30.5 Å². The highest BCUT2D eigenvalue weighted by Crippen LogP contribution is 2.18. The molecule has 1 atom stereocenters. The molecule has 0 unspecified atom stereocenters. The molecule has 2 rings (SSSR count). The molecule has 0 radical (unpaired) electrons. The van der Waals surface area contributed by atoms with Gasteiger partial charge < -0.3 is 0 Å². The molecule has 2 heterocycles. The van der Waals surface area contributed by atoms with Gasteiger partial charge in [-0.1, -0.05) is 0 Å². The van der Waals surface area contributed by atoms with Crippen molar-refractivity contribution in [1.82, 2.24) is 14.9 Å². The molecule has 3 nitrogen and oxygen atoms in total. The molecule has 1 fully saturated rings. The van der Waals surface area contributed by atoms with Crippen molar-refractivity contribution in [1.29, 1.82) is 0 Å². The van der Waals surface area contributed by atoms with Gasteiger partial charge >= 0.3 is 0 Å². The van der Waals surface area contributed by atoms with Crippen LogP contribution in [0.1, 0.15) is 31.2 Å². The highest BCUT2D eigenvalue weighted by Gasteiger charge is 2.19. The highest BCUT2D eigenvalue weighted by atomic mass is 15.2. The van der Waals surface area contributed by atoms with E-state index in [2.05, 4.69) is 21.8 Å². The van der Waals surface area contributed by atoms with Crippen molar-refractivity contribution in [2.75, 3.05) is 6.54 Å². The van der Waals surface area contributed by atoms with Crippen molar-refractivity contribution in [2.24, 2.45) is 0 Å². The summed E-state index contributed by atoms with van der Waals surface area (Å²) in [5.74, 6) is 0.850. The molecule has 3 heteroatoms. The number of likely N-dealkylation sites (tertiary alicyclic amines) is 1. The number of rotatable bonds is 2. The molecule has 0 N–H and O–H groups in total. The van der Waals surface area contributed by atoms with E-state index in [9.17, 15) is 0 Å². The van der Waals surface area contributed by atoms with Crippen molar-refractivity contribution >= 4 is 0 Å². The maximum absolute atomic E-state index is 4.21. The van der Waals surface area contributed by atoms with Gasteiger partial charge in [0.15, 0.2) is 0 Å². The Hall–Kier alpha value is -0.960. The second kappa shape index (κ2) is 4.05. The van der Waals surface area contributed by atoms with Crippen LogP contribution in [0.3, 0.4) is 0 Å². The first-order valence-electron chi connectivity index (χ1n) is 5.27. The van der Waals surface area contributed by atoms with E-state index in [1.165, 1.54) is 24.9 Å². The average molecular weight is 191 g/mol. The van der Waals surface area contributed by atoms with Gasteiger partial charge in [-0.05, 0) is 33.2 Å². The topological polar surface area (TPSA) is 29.0 Å². The zero-order valence-corrected chi connectivity index (χ0v) is 8.90. The molecule has 1 aliphatic heterocycles. The van der Waals surface area contributed by atoms with Crippen LogP contribution in [0, 0.1) is 6.92 Å². The van der Waals surface area contributed by atoms with Gasteiger partial charge in [-0.2, -0.15) is 0 Å². The Morgan fingerprint density at radius 2 is 2.14 bits per heavy atom. The first-order chi connectivity index (χ1) is 6.75. The maximum Gasteiger partial charge on any atom is 0.125 e. The van der Waals surface area contributed by atoms with Gasteiger partial charge in [-0.15, -0.1) is 0 Å². The molecule has 0 bridgehead atoms. The van der Waals surface area contributed by atoms with Crippen molar-refractivity contribution < 1.29 is 0 Å². The van der Waals surface area contributed by atoms with Crippen molar-refractivity contribution in [2.45, 2.75) is 39.3 Å². The lowest BCUT2D eigenvalue weighted by Crippen LogP contribution is -2.26. The summed E-state index contributed by atoms with van der Waals surface area (Å²) in [6, 6.07) is 0.719. The number of aromatic nitrogens is 2. The van der Waals surface area contributed by atoms with Crippen LogP contribution in [0.2, 0.25) is 0 Å². The second-order valence-electron chi connectivity index (χ2n) is 4.10. The van der Waals surface area contributed by atoms with E-state index in [4.69, 9.17) is 0 Å². The molecular formula is C11H17N3. The van der Waals surface area contributed by atoms with Crippen molar-refractivity contribution in [3.8, 4) is 0 Å². The summed E-state index contributed by atoms with van der Waals surface area (Å²) < 4.78 is 0. The standard InChI is InChI=1S/C11H17N3/c1-9-4-3-5-14(9)8-11-6-12-10(2)13-7-11/h6-7,9H,3-5,8H2,1-2H3/t9-/m0/s1. The molecular weight excluding hydrogens is 174 g/mol. The predicted molar refractivity (Wildman–Crippen MR) is 55.9 cm³/mol. The van der Waals surface area contributed by atoms with Crippen molar-refractivity contribution in [3.63, 3.8) is 0 Å². The minimum atomic E-state index is 0.719. The lowest BCUT2D eigenvalue weighted by Gasteiger charge is -2.20. The molecule has 0 aliphatic carbocycles. The monoisotopic (exact) mass is 191 g/mol. The van der Waals surface area contributed by atoms with Crippen LogP contribution >= 0.6 is 0 Å². The third-order valence-corrected chi connectivity index (χ3v) is 2.91. The van der Waals surface area contributed by atoms with Crippen LogP contribution in [0.5, 0.6) is 0 Å². The third-order valence-electron chi connectivity index (χ3n) is 2.91. The summed E-state index contributed by atoms with van der Waals surface area (Å²) in [5.41, 5.74) is 1.23. The molecule has 0 saturated carbocycles. The zero-order chi connectivity index (χ0) is 9.97. The molecule has 0 spiro atoms. The molecule has 1 saturated heterocycles. The molecule has 0 amide bonds. The van der Waals surface area contributed by atoms with Gasteiger partial charge in [0.05, 0.1) is 0 Å². The molecule has 1 aromatic heterocycles. The first-order valence-corrected chi connectivity index (χ1v) is 5.27. The molecule has 1 aromatic rings. The first kappa shape index (κ1) is 9.59. The fourth-order valence-electron chi connectivity index (χ4n) is 1.96. The summed E-state index contributed by atoms with van der Waals surface area (Å²) in [4.78, 5) is 10.9. The van der Waals surface area contributed by atoms with Gasteiger partial charge in [0.2, 0.25) is 0 Å². The molecule has 1 aliphatic rings. The Balaban J connectivity index is 2.00. The largest absolute Gasteiger partial charge is 0.296 e. The van der Waals surface area contributed by atoms with Gasteiger partial charge in [-0.3, -0.25) is 4.90 Å². The Morgan fingerprint density at radius 1 is 1.43 bits per heavy atom. The SMILES string of the molecule is Cc1ncc(CN2CCC[C@@H]2C)cn1. The van der Waals surface area contributed by atoms with Gasteiger partial charge in [0.1, 0.15) is 5.82 Å². The number of hydrogen-bond acceptors (Lipinski definition) is 3. The van der Waals surface area contributed by atoms with E-state index in [1.807, 2.05) is 19.3 Å². The lowest BCUT2D eigenvalue weighted by atomic mass is 10.2. The quantitative estimate of drug-likeness (QED) is 0.713. The highest BCUT2D eigenvalue weighted by molar-refractivity contribution is 5.05. The van der Waals surface area contributed by atoms with E-state index >= 15 is 0 Å². The van der Waals surface area contributed by atoms with Crippen LogP contribution in [0.15, 0.2) is 12.4 Å². The maximum atomic E-state index is 4.21. The van der Waals surface area contributed by atoms with Gasteiger partial charge in [-0.25, -0.2) is 9.97 Å². The zero-order valence-electron chi connectivity index (χ0n) is 8.90. The molecule has 14 heavy (non-hydrogen) atoms. The van der Waals surface area contributed by atoms with Crippen molar-refractivity contribution in [3.05, 3.63) is 23.8 Å². The summed E-state index contributed by atoms with van der Waals surface area (Å²) in [6.07, 6.45) is 6.53. The summed E-state index contributed by atoms with van der Waals surface area (Å²) in [7, 11) is 0.